The van der Waals surface area contributed by atoms with Crippen molar-refractivity contribution in [1.29, 1.82) is 0 Å². The summed E-state index contributed by atoms with van der Waals surface area (Å²) in [6, 6.07) is 15.5. The summed E-state index contributed by atoms with van der Waals surface area (Å²) < 4.78 is 6.59. The molecule has 0 aliphatic carbocycles. The van der Waals surface area contributed by atoms with E-state index in [9.17, 15) is 9.59 Å². The van der Waals surface area contributed by atoms with Gasteiger partial charge in [-0.2, -0.15) is 0 Å². The lowest BCUT2D eigenvalue weighted by Crippen LogP contribution is -2.37. The van der Waals surface area contributed by atoms with Crippen LogP contribution < -0.4 is 5.76 Å². The van der Waals surface area contributed by atoms with Crippen LogP contribution in [0.4, 0.5) is 0 Å². The van der Waals surface area contributed by atoms with Crippen LogP contribution in [0.25, 0.3) is 11.1 Å². The summed E-state index contributed by atoms with van der Waals surface area (Å²) >= 11 is 0. The standard InChI is InChI=1S/C20H22N2O3/c1-14(2)22(13-15-7-5-4-6-8-15)19(23)12-16-9-10-18-17(11-16)21(3)20(24)25-18/h4-11,14H,12-13H2,1-3H3. The van der Waals surface area contributed by atoms with Crippen LogP contribution in [0.2, 0.25) is 0 Å². The lowest BCUT2D eigenvalue weighted by atomic mass is 10.1. The summed E-state index contributed by atoms with van der Waals surface area (Å²) in [6.45, 7) is 4.62. The fourth-order valence-electron chi connectivity index (χ4n) is 2.90. The molecule has 130 valence electrons. The van der Waals surface area contributed by atoms with Crippen molar-refractivity contribution in [1.82, 2.24) is 9.47 Å². The maximum absolute atomic E-state index is 12.8. The molecule has 3 rings (SSSR count). The van der Waals surface area contributed by atoms with E-state index in [0.29, 0.717) is 24.1 Å². The van der Waals surface area contributed by atoms with Crippen molar-refractivity contribution in [2.75, 3.05) is 0 Å². The first-order valence-electron chi connectivity index (χ1n) is 8.37. The number of oxazole rings is 1. The maximum atomic E-state index is 12.8. The lowest BCUT2D eigenvalue weighted by Gasteiger charge is -2.27. The number of aromatic nitrogens is 1. The molecule has 2 aromatic carbocycles. The average molecular weight is 338 g/mol. The zero-order valence-corrected chi connectivity index (χ0v) is 14.7. The summed E-state index contributed by atoms with van der Waals surface area (Å²) in [7, 11) is 1.66. The summed E-state index contributed by atoms with van der Waals surface area (Å²) in [5.74, 6) is -0.335. The van der Waals surface area contributed by atoms with Crippen LogP contribution in [-0.2, 0) is 24.8 Å². The van der Waals surface area contributed by atoms with E-state index in [0.717, 1.165) is 11.1 Å². The molecule has 1 amide bonds. The molecule has 1 heterocycles. The fourth-order valence-corrected chi connectivity index (χ4v) is 2.90. The van der Waals surface area contributed by atoms with Crippen LogP contribution in [0.5, 0.6) is 0 Å². The number of aryl methyl sites for hydroxylation is 1. The largest absolute Gasteiger partial charge is 0.419 e. The molecule has 3 aromatic rings. The predicted molar refractivity (Wildman–Crippen MR) is 97.3 cm³/mol. The molecule has 0 aliphatic heterocycles. The third-order valence-corrected chi connectivity index (χ3v) is 4.35. The quantitative estimate of drug-likeness (QED) is 0.718. The third kappa shape index (κ3) is 3.65. The number of hydrogen-bond acceptors (Lipinski definition) is 3. The van der Waals surface area contributed by atoms with Crippen molar-refractivity contribution in [3.63, 3.8) is 0 Å². The van der Waals surface area contributed by atoms with E-state index < -0.39 is 5.76 Å². The second kappa shape index (κ2) is 6.97. The van der Waals surface area contributed by atoms with E-state index >= 15 is 0 Å². The first-order chi connectivity index (χ1) is 12.0. The lowest BCUT2D eigenvalue weighted by molar-refractivity contribution is -0.132. The number of fused-ring (bicyclic) bond motifs is 1. The van der Waals surface area contributed by atoms with Crippen molar-refractivity contribution in [2.24, 2.45) is 7.05 Å². The van der Waals surface area contributed by atoms with E-state index in [4.69, 9.17) is 4.42 Å². The molecule has 0 saturated heterocycles. The van der Waals surface area contributed by atoms with Crippen LogP contribution in [0.1, 0.15) is 25.0 Å². The minimum atomic E-state index is -0.397. The maximum Gasteiger partial charge on any atom is 0.419 e. The molecule has 5 heteroatoms. The highest BCUT2D eigenvalue weighted by molar-refractivity contribution is 5.81. The topological polar surface area (TPSA) is 55.5 Å². The van der Waals surface area contributed by atoms with Gasteiger partial charge in [0.05, 0.1) is 11.9 Å². The zero-order chi connectivity index (χ0) is 18.0. The number of carbonyl (C=O) groups excluding carboxylic acids is 1. The van der Waals surface area contributed by atoms with E-state index in [1.165, 1.54) is 4.57 Å². The van der Waals surface area contributed by atoms with Crippen LogP contribution in [-0.4, -0.2) is 21.4 Å². The van der Waals surface area contributed by atoms with Gasteiger partial charge in [0.2, 0.25) is 5.91 Å². The molecule has 0 bridgehead atoms. The molecule has 0 N–H and O–H groups in total. The van der Waals surface area contributed by atoms with Crippen molar-refractivity contribution in [3.05, 3.63) is 70.2 Å². The minimum absolute atomic E-state index is 0.0618. The summed E-state index contributed by atoms with van der Waals surface area (Å²) in [6.07, 6.45) is 0.292. The van der Waals surface area contributed by atoms with Gasteiger partial charge in [0.25, 0.3) is 0 Å². The first-order valence-corrected chi connectivity index (χ1v) is 8.37. The number of amides is 1. The molecule has 0 radical (unpaired) electrons. The molecule has 5 nitrogen and oxygen atoms in total. The second-order valence-corrected chi connectivity index (χ2v) is 6.51. The molecule has 0 spiro atoms. The first kappa shape index (κ1) is 17.0. The molecule has 0 fully saturated rings. The van der Waals surface area contributed by atoms with Gasteiger partial charge in [0, 0.05) is 19.6 Å². The molecule has 1 aromatic heterocycles. The summed E-state index contributed by atoms with van der Waals surface area (Å²) in [4.78, 5) is 26.3. The molecule has 0 saturated carbocycles. The Morgan fingerprint density at radius 2 is 1.84 bits per heavy atom. The van der Waals surface area contributed by atoms with E-state index in [1.54, 1.807) is 13.1 Å². The molecular formula is C20H22N2O3. The van der Waals surface area contributed by atoms with Crippen molar-refractivity contribution in [2.45, 2.75) is 32.9 Å². The van der Waals surface area contributed by atoms with E-state index in [-0.39, 0.29) is 11.9 Å². The van der Waals surface area contributed by atoms with Gasteiger partial charge in [-0.1, -0.05) is 36.4 Å². The van der Waals surface area contributed by atoms with Crippen molar-refractivity contribution < 1.29 is 9.21 Å². The number of benzene rings is 2. The van der Waals surface area contributed by atoms with Crippen molar-refractivity contribution >= 4 is 17.0 Å². The molecule has 25 heavy (non-hydrogen) atoms. The van der Waals surface area contributed by atoms with Gasteiger partial charge in [0.1, 0.15) is 0 Å². The Hall–Kier alpha value is -2.82. The Balaban J connectivity index is 1.81. The number of hydrogen-bond donors (Lipinski definition) is 0. The highest BCUT2D eigenvalue weighted by atomic mass is 16.4. The predicted octanol–water partition coefficient (Wildman–Crippen LogP) is 3.11. The molecule has 0 aliphatic rings. The third-order valence-electron chi connectivity index (χ3n) is 4.35. The van der Waals surface area contributed by atoms with Gasteiger partial charge in [-0.25, -0.2) is 4.79 Å². The second-order valence-electron chi connectivity index (χ2n) is 6.51. The van der Waals surface area contributed by atoms with E-state index in [2.05, 4.69) is 0 Å². The van der Waals surface area contributed by atoms with Gasteiger partial charge in [0.15, 0.2) is 5.58 Å². The van der Waals surface area contributed by atoms with Crippen LogP contribution >= 0.6 is 0 Å². The van der Waals surface area contributed by atoms with Gasteiger partial charge < -0.3 is 9.32 Å². The van der Waals surface area contributed by atoms with Crippen LogP contribution in [0.15, 0.2) is 57.7 Å². The van der Waals surface area contributed by atoms with Crippen LogP contribution in [0, 0.1) is 0 Å². The number of rotatable bonds is 5. The van der Waals surface area contributed by atoms with Gasteiger partial charge >= 0.3 is 5.76 Å². The highest BCUT2D eigenvalue weighted by Gasteiger charge is 2.18. The van der Waals surface area contributed by atoms with Crippen LogP contribution in [0.3, 0.4) is 0 Å². The fraction of sp³-hybridized carbons (Fsp3) is 0.300. The Morgan fingerprint density at radius 1 is 1.12 bits per heavy atom. The van der Waals surface area contributed by atoms with Gasteiger partial charge in [-0.15, -0.1) is 0 Å². The smallest absolute Gasteiger partial charge is 0.408 e. The molecule has 0 atom stereocenters. The molecule has 0 unspecified atom stereocenters. The normalized spacial score (nSPS) is 11.2. The Bertz CT molecular complexity index is 938. The summed E-state index contributed by atoms with van der Waals surface area (Å²) in [5, 5.41) is 0. The zero-order valence-electron chi connectivity index (χ0n) is 14.7. The van der Waals surface area contributed by atoms with Gasteiger partial charge in [-0.3, -0.25) is 9.36 Å². The molecular weight excluding hydrogens is 316 g/mol. The Morgan fingerprint density at radius 3 is 2.52 bits per heavy atom. The monoisotopic (exact) mass is 338 g/mol. The van der Waals surface area contributed by atoms with Crippen molar-refractivity contribution in [3.8, 4) is 0 Å². The minimum Gasteiger partial charge on any atom is -0.408 e. The van der Waals surface area contributed by atoms with E-state index in [1.807, 2.05) is 61.2 Å². The number of carbonyl (C=O) groups is 1. The highest BCUT2D eigenvalue weighted by Crippen LogP contribution is 2.17. The van der Waals surface area contributed by atoms with Gasteiger partial charge in [-0.05, 0) is 37.1 Å². The summed E-state index contributed by atoms with van der Waals surface area (Å²) in [5.41, 5.74) is 3.22. The Kier molecular flexibility index (Phi) is 4.74. The SMILES string of the molecule is CC(C)N(Cc1ccccc1)C(=O)Cc1ccc2oc(=O)n(C)c2c1. The Labute approximate surface area is 146 Å². The average Bonchev–Trinajstić information content (AvgIpc) is 2.88. The number of nitrogens with zero attached hydrogens (tertiary/aromatic N) is 2.